The highest BCUT2D eigenvalue weighted by Gasteiger charge is 2.24. The van der Waals surface area contributed by atoms with Crippen LogP contribution < -0.4 is 9.80 Å². The topological polar surface area (TPSA) is 78.7 Å². The van der Waals surface area contributed by atoms with Crippen molar-refractivity contribution in [1.82, 2.24) is 4.98 Å². The Morgan fingerprint density at radius 1 is 1.04 bits per heavy atom. The number of nitrogens with zero attached hydrogens (tertiary/aromatic N) is 4. The molecule has 2 aliphatic rings. The summed E-state index contributed by atoms with van der Waals surface area (Å²) in [5, 5.41) is 11.2. The Morgan fingerprint density at radius 3 is 2.35 bits per heavy atom. The number of thiophene rings is 1. The molecule has 4 heterocycles. The summed E-state index contributed by atoms with van der Waals surface area (Å²) in [6.45, 7) is 5.72. The number of rotatable bonds is 4. The van der Waals surface area contributed by atoms with Crippen molar-refractivity contribution < 1.29 is 14.3 Å². The number of ketones is 1. The maximum Gasteiger partial charge on any atom is 0.214 e. The van der Waals surface area contributed by atoms with Crippen LogP contribution in [0.3, 0.4) is 0 Å². The Morgan fingerprint density at radius 2 is 1.69 bits per heavy atom. The summed E-state index contributed by atoms with van der Waals surface area (Å²) in [5.41, 5.74) is 0.554. The van der Waals surface area contributed by atoms with Gasteiger partial charge in [0.1, 0.15) is 11.1 Å². The van der Waals surface area contributed by atoms with Crippen LogP contribution >= 0.6 is 22.7 Å². The van der Waals surface area contributed by atoms with Crippen molar-refractivity contribution in [1.29, 1.82) is 5.26 Å². The Balaban J connectivity index is 1.55. The molecule has 0 bridgehead atoms. The first kappa shape index (κ1) is 17.4. The van der Waals surface area contributed by atoms with E-state index in [9.17, 15) is 10.1 Å². The zero-order chi connectivity index (χ0) is 17.9. The van der Waals surface area contributed by atoms with Crippen LogP contribution in [0.4, 0.5) is 10.1 Å². The van der Waals surface area contributed by atoms with Crippen LogP contribution in [0.15, 0.2) is 12.3 Å². The fraction of sp³-hybridized carbons (Fsp3) is 0.471. The minimum absolute atomic E-state index is 0.0666. The molecule has 7 nitrogen and oxygen atoms in total. The third kappa shape index (κ3) is 3.46. The Kier molecular flexibility index (Phi) is 5.17. The molecule has 0 spiro atoms. The Bertz CT molecular complexity index is 829. The van der Waals surface area contributed by atoms with Gasteiger partial charge < -0.3 is 19.3 Å². The summed E-state index contributed by atoms with van der Waals surface area (Å²) in [7, 11) is 0. The van der Waals surface area contributed by atoms with Crippen LogP contribution in [0.1, 0.15) is 20.1 Å². The Labute approximate surface area is 159 Å². The maximum absolute atomic E-state index is 12.9. The molecule has 0 N–H and O–H groups in total. The van der Waals surface area contributed by atoms with Crippen molar-refractivity contribution in [3.8, 4) is 6.07 Å². The zero-order valence-corrected chi connectivity index (χ0v) is 15.8. The van der Waals surface area contributed by atoms with Crippen LogP contribution in [0, 0.1) is 11.3 Å². The van der Waals surface area contributed by atoms with Crippen LogP contribution in [0.5, 0.6) is 0 Å². The number of hydrogen-bond donors (Lipinski definition) is 0. The molecule has 0 aliphatic carbocycles. The lowest BCUT2D eigenvalue weighted by Gasteiger charge is -2.27. The molecule has 0 radical (unpaired) electrons. The molecule has 2 fully saturated rings. The first-order valence-corrected chi connectivity index (χ1v) is 10.1. The number of carbonyl (C=O) groups excluding carboxylic acids is 1. The number of hydrogen-bond acceptors (Lipinski definition) is 9. The number of ether oxygens (including phenoxy) is 2. The predicted octanol–water partition coefficient (Wildman–Crippen LogP) is 1.98. The first-order chi connectivity index (χ1) is 12.8. The van der Waals surface area contributed by atoms with Crippen LogP contribution in [0.2, 0.25) is 0 Å². The van der Waals surface area contributed by atoms with Gasteiger partial charge in [-0.2, -0.15) is 5.26 Å². The van der Waals surface area contributed by atoms with Crippen molar-refractivity contribution in [3.63, 3.8) is 0 Å². The lowest BCUT2D eigenvalue weighted by Crippen LogP contribution is -2.36. The van der Waals surface area contributed by atoms with Crippen molar-refractivity contribution in [2.24, 2.45) is 0 Å². The Hall–Kier alpha value is -1.99. The second-order valence-corrected chi connectivity index (χ2v) is 8.02. The average molecular weight is 390 g/mol. The fourth-order valence-electron chi connectivity index (χ4n) is 2.97. The van der Waals surface area contributed by atoms with E-state index in [1.54, 1.807) is 12.3 Å². The second kappa shape index (κ2) is 7.72. The van der Waals surface area contributed by atoms with E-state index in [2.05, 4.69) is 20.9 Å². The molecule has 0 atom stereocenters. The molecule has 0 aromatic carbocycles. The van der Waals surface area contributed by atoms with Gasteiger partial charge >= 0.3 is 0 Å². The molecule has 2 saturated heterocycles. The normalized spacial score (nSPS) is 18.0. The van der Waals surface area contributed by atoms with Crippen molar-refractivity contribution in [2.45, 2.75) is 0 Å². The molecule has 4 rings (SSSR count). The van der Waals surface area contributed by atoms with Gasteiger partial charge in [-0.25, -0.2) is 4.98 Å². The molecular formula is C17H18N4O3S2. The molecule has 0 amide bonds. The largest absolute Gasteiger partial charge is 0.378 e. The van der Waals surface area contributed by atoms with E-state index in [1.165, 1.54) is 22.7 Å². The highest BCUT2D eigenvalue weighted by Crippen LogP contribution is 2.34. The van der Waals surface area contributed by atoms with Crippen molar-refractivity contribution in [3.05, 3.63) is 27.6 Å². The van der Waals surface area contributed by atoms with Gasteiger partial charge in [-0.1, -0.05) is 11.3 Å². The third-order valence-corrected chi connectivity index (χ3v) is 6.61. The van der Waals surface area contributed by atoms with Gasteiger partial charge in [-0.05, 0) is 6.07 Å². The summed E-state index contributed by atoms with van der Waals surface area (Å²) in [6.07, 6.45) is 1.64. The molecule has 136 valence electrons. The van der Waals surface area contributed by atoms with E-state index < -0.39 is 0 Å². The number of anilines is 2. The summed E-state index contributed by atoms with van der Waals surface area (Å²) in [4.78, 5) is 22.7. The van der Waals surface area contributed by atoms with Gasteiger partial charge in [-0.3, -0.25) is 4.79 Å². The van der Waals surface area contributed by atoms with Crippen molar-refractivity contribution >= 4 is 38.6 Å². The third-order valence-electron chi connectivity index (χ3n) is 4.35. The number of carbonyl (C=O) groups is 1. The molecule has 2 aromatic heterocycles. The average Bonchev–Trinajstić information content (AvgIpc) is 3.36. The standard InChI is InChI=1S/C17H18N4O3S2/c18-10-12-9-13(25-16(12)20-1-5-23-6-2-20)15(22)14-11-19-17(26-14)21-3-7-24-8-4-21/h9,11H,1-8H2. The molecule has 9 heteroatoms. The lowest BCUT2D eigenvalue weighted by molar-refractivity contribution is 0.104. The number of morpholine rings is 2. The van der Waals surface area contributed by atoms with Crippen LogP contribution in [-0.4, -0.2) is 63.4 Å². The van der Waals surface area contributed by atoms with Crippen molar-refractivity contribution in [2.75, 3.05) is 62.4 Å². The lowest BCUT2D eigenvalue weighted by atomic mass is 10.2. The highest BCUT2D eigenvalue weighted by atomic mass is 32.1. The molecule has 0 unspecified atom stereocenters. The van der Waals surface area contributed by atoms with Gasteiger partial charge in [0, 0.05) is 26.2 Å². The SMILES string of the molecule is N#Cc1cc(C(=O)c2cnc(N3CCOCC3)s2)sc1N1CCOCC1. The smallest absolute Gasteiger partial charge is 0.214 e. The van der Waals surface area contributed by atoms with Gasteiger partial charge in [-0.15, -0.1) is 11.3 Å². The van der Waals surface area contributed by atoms with Gasteiger partial charge in [0.25, 0.3) is 0 Å². The quantitative estimate of drug-likeness (QED) is 0.739. The minimum atomic E-state index is -0.0666. The number of nitriles is 1. The number of aromatic nitrogens is 1. The molecule has 2 aromatic rings. The maximum atomic E-state index is 12.9. The van der Waals surface area contributed by atoms with Crippen LogP contribution in [-0.2, 0) is 9.47 Å². The molecule has 0 saturated carbocycles. The summed E-state index contributed by atoms with van der Waals surface area (Å²) in [5.74, 6) is -0.0666. The van der Waals surface area contributed by atoms with Crippen LogP contribution in [0.25, 0.3) is 0 Å². The van der Waals surface area contributed by atoms with Gasteiger partial charge in [0.2, 0.25) is 5.78 Å². The molecule has 26 heavy (non-hydrogen) atoms. The molecule has 2 aliphatic heterocycles. The van der Waals surface area contributed by atoms with Gasteiger partial charge in [0.05, 0.1) is 47.9 Å². The van der Waals surface area contributed by atoms with E-state index in [0.717, 1.165) is 36.3 Å². The molecular weight excluding hydrogens is 372 g/mol. The first-order valence-electron chi connectivity index (χ1n) is 8.46. The summed E-state index contributed by atoms with van der Waals surface area (Å²) >= 11 is 2.78. The van der Waals surface area contributed by atoms with E-state index in [-0.39, 0.29) is 5.78 Å². The summed E-state index contributed by atoms with van der Waals surface area (Å²) in [6, 6.07) is 3.92. The second-order valence-electron chi connectivity index (χ2n) is 5.98. The van der Waals surface area contributed by atoms with E-state index >= 15 is 0 Å². The predicted molar refractivity (Wildman–Crippen MR) is 101 cm³/mol. The van der Waals surface area contributed by atoms with Gasteiger partial charge in [0.15, 0.2) is 5.13 Å². The fourth-order valence-corrected chi connectivity index (χ4v) is 5.07. The summed E-state index contributed by atoms with van der Waals surface area (Å²) < 4.78 is 10.7. The zero-order valence-electron chi connectivity index (χ0n) is 14.1. The minimum Gasteiger partial charge on any atom is -0.378 e. The van der Waals surface area contributed by atoms with E-state index in [4.69, 9.17) is 9.47 Å². The highest BCUT2D eigenvalue weighted by molar-refractivity contribution is 7.21. The monoisotopic (exact) mass is 390 g/mol. The number of thiazole rings is 1. The van der Waals surface area contributed by atoms with E-state index in [0.29, 0.717) is 41.7 Å². The van der Waals surface area contributed by atoms with E-state index in [1.807, 2.05) is 0 Å².